The molecule has 6 nitrogen and oxygen atoms in total. The zero-order chi connectivity index (χ0) is 13.4. The number of aromatic nitrogens is 2. The van der Waals surface area contributed by atoms with Crippen LogP contribution in [0.25, 0.3) is 0 Å². The zero-order valence-corrected chi connectivity index (χ0v) is 11.6. The Hall–Kier alpha value is -0.760. The van der Waals surface area contributed by atoms with Crippen molar-refractivity contribution in [2.24, 2.45) is 0 Å². The molecule has 0 spiro atoms. The maximum absolute atomic E-state index is 9.92. The molecule has 7 heteroatoms. The van der Waals surface area contributed by atoms with Gasteiger partial charge in [0.25, 0.3) is 0 Å². The van der Waals surface area contributed by atoms with Gasteiger partial charge in [0.05, 0.1) is 17.3 Å². The topological polar surface area (TPSA) is 87.5 Å². The number of ether oxygens (including phenoxy) is 1. The Balaban J connectivity index is 2.11. The van der Waals surface area contributed by atoms with Crippen LogP contribution in [0.5, 0.6) is 5.88 Å². The molecule has 0 aliphatic carbocycles. The fraction of sp³-hybridized carbons (Fsp3) is 0.818. The maximum Gasteiger partial charge on any atom is 0.245 e. The highest BCUT2D eigenvalue weighted by Gasteiger charge is 2.18. The summed E-state index contributed by atoms with van der Waals surface area (Å²) in [4.78, 5) is 0. The van der Waals surface area contributed by atoms with Gasteiger partial charge in [-0.25, -0.2) is 0 Å². The summed E-state index contributed by atoms with van der Waals surface area (Å²) in [6.07, 6.45) is 2.54. The number of aliphatic hydroxyl groups excluding tert-OH is 1. The Morgan fingerprint density at radius 3 is 3.00 bits per heavy atom. The van der Waals surface area contributed by atoms with Gasteiger partial charge < -0.3 is 20.3 Å². The van der Waals surface area contributed by atoms with E-state index in [9.17, 15) is 10.2 Å². The third-order valence-corrected chi connectivity index (χ3v) is 2.90. The van der Waals surface area contributed by atoms with Crippen LogP contribution >= 0.6 is 11.7 Å². The molecule has 2 unspecified atom stereocenters. The van der Waals surface area contributed by atoms with Crippen LogP contribution in [0, 0.1) is 0 Å². The lowest BCUT2D eigenvalue weighted by Gasteiger charge is -2.23. The van der Waals surface area contributed by atoms with Crippen molar-refractivity contribution in [3.8, 4) is 5.88 Å². The molecule has 1 aromatic heterocycles. The van der Waals surface area contributed by atoms with E-state index in [0.717, 1.165) is 24.6 Å². The molecule has 0 bridgehead atoms. The molecule has 3 N–H and O–H groups in total. The van der Waals surface area contributed by atoms with Crippen LogP contribution in [0.1, 0.15) is 26.7 Å². The molecule has 0 saturated carbocycles. The second-order valence-corrected chi connectivity index (χ2v) is 5.15. The third kappa shape index (κ3) is 6.25. The Morgan fingerprint density at radius 1 is 1.61 bits per heavy atom. The summed E-state index contributed by atoms with van der Waals surface area (Å²) in [7, 11) is 0. The SMILES string of the molecule is CCCC(C)(O)CNCC(O)COc1cnsn1. The Morgan fingerprint density at radius 2 is 2.39 bits per heavy atom. The second kappa shape index (κ2) is 7.63. The maximum atomic E-state index is 9.92. The van der Waals surface area contributed by atoms with Gasteiger partial charge >= 0.3 is 0 Å². The van der Waals surface area contributed by atoms with Crippen molar-refractivity contribution in [2.75, 3.05) is 19.7 Å². The van der Waals surface area contributed by atoms with E-state index in [1.54, 1.807) is 6.92 Å². The quantitative estimate of drug-likeness (QED) is 0.605. The molecule has 1 rings (SSSR count). The molecule has 0 radical (unpaired) electrons. The van der Waals surface area contributed by atoms with Crippen LogP contribution in [0.2, 0.25) is 0 Å². The Labute approximate surface area is 111 Å². The minimum absolute atomic E-state index is 0.161. The number of aliphatic hydroxyl groups is 2. The van der Waals surface area contributed by atoms with E-state index < -0.39 is 11.7 Å². The van der Waals surface area contributed by atoms with Crippen molar-refractivity contribution in [3.05, 3.63) is 6.20 Å². The fourth-order valence-electron chi connectivity index (χ4n) is 1.60. The summed E-state index contributed by atoms with van der Waals surface area (Å²) in [5, 5.41) is 22.6. The van der Waals surface area contributed by atoms with Crippen LogP contribution < -0.4 is 10.1 Å². The highest BCUT2D eigenvalue weighted by molar-refractivity contribution is 6.99. The summed E-state index contributed by atoms with van der Waals surface area (Å²) in [5.74, 6) is 0.428. The van der Waals surface area contributed by atoms with Gasteiger partial charge in [-0.15, -0.1) is 4.37 Å². The van der Waals surface area contributed by atoms with Gasteiger partial charge in [0, 0.05) is 13.1 Å². The van der Waals surface area contributed by atoms with E-state index in [1.165, 1.54) is 6.20 Å². The Bertz CT molecular complexity index is 319. The first kappa shape index (κ1) is 15.3. The molecule has 1 aromatic rings. The predicted octanol–water partition coefficient (Wildman–Crippen LogP) is 0.418. The van der Waals surface area contributed by atoms with E-state index >= 15 is 0 Å². The first-order valence-electron chi connectivity index (χ1n) is 6.05. The number of rotatable bonds is 9. The smallest absolute Gasteiger partial charge is 0.245 e. The van der Waals surface area contributed by atoms with Gasteiger partial charge in [-0.3, -0.25) is 0 Å². The van der Waals surface area contributed by atoms with Crippen molar-refractivity contribution in [1.29, 1.82) is 0 Å². The first-order valence-corrected chi connectivity index (χ1v) is 6.78. The van der Waals surface area contributed by atoms with Crippen molar-refractivity contribution >= 4 is 11.7 Å². The van der Waals surface area contributed by atoms with Crippen LogP contribution in [0.15, 0.2) is 6.20 Å². The number of hydrogen-bond acceptors (Lipinski definition) is 7. The minimum Gasteiger partial charge on any atom is -0.473 e. The molecule has 1 heterocycles. The van der Waals surface area contributed by atoms with Crippen LogP contribution in [-0.4, -0.2) is 50.4 Å². The summed E-state index contributed by atoms with van der Waals surface area (Å²) in [5.41, 5.74) is -0.728. The summed E-state index contributed by atoms with van der Waals surface area (Å²) in [6, 6.07) is 0. The second-order valence-electron chi connectivity index (χ2n) is 4.59. The van der Waals surface area contributed by atoms with Crippen molar-refractivity contribution < 1.29 is 14.9 Å². The largest absolute Gasteiger partial charge is 0.473 e. The van der Waals surface area contributed by atoms with E-state index in [2.05, 4.69) is 14.1 Å². The standard InChI is InChI=1S/C11H21N3O3S/c1-3-4-11(2,16)8-12-5-9(15)7-17-10-6-13-18-14-10/h6,9,12,15-16H,3-5,7-8H2,1-2H3. The molecule has 0 aliphatic heterocycles. The molecule has 0 saturated heterocycles. The van der Waals surface area contributed by atoms with Gasteiger partial charge in [0.2, 0.25) is 5.88 Å². The molecule has 104 valence electrons. The molecule has 0 aliphatic rings. The van der Waals surface area contributed by atoms with Crippen LogP contribution in [0.3, 0.4) is 0 Å². The number of nitrogens with zero attached hydrogens (tertiary/aromatic N) is 2. The Kier molecular flexibility index (Phi) is 6.48. The van der Waals surface area contributed by atoms with E-state index in [4.69, 9.17) is 4.74 Å². The molecule has 0 amide bonds. The highest BCUT2D eigenvalue weighted by atomic mass is 32.1. The zero-order valence-electron chi connectivity index (χ0n) is 10.8. The van der Waals surface area contributed by atoms with E-state index in [-0.39, 0.29) is 6.61 Å². The van der Waals surface area contributed by atoms with Crippen LogP contribution in [-0.2, 0) is 0 Å². The van der Waals surface area contributed by atoms with Gasteiger partial charge in [-0.1, -0.05) is 13.3 Å². The van der Waals surface area contributed by atoms with E-state index in [0.29, 0.717) is 19.0 Å². The lowest BCUT2D eigenvalue weighted by molar-refractivity contribution is 0.0425. The molecular weight excluding hydrogens is 254 g/mol. The fourth-order valence-corrected chi connectivity index (χ4v) is 1.96. The molecule has 0 fully saturated rings. The average molecular weight is 275 g/mol. The van der Waals surface area contributed by atoms with Crippen molar-refractivity contribution in [1.82, 2.24) is 14.1 Å². The monoisotopic (exact) mass is 275 g/mol. The number of hydrogen-bond donors (Lipinski definition) is 3. The summed E-state index contributed by atoms with van der Waals surface area (Å²) < 4.78 is 12.9. The minimum atomic E-state index is -0.728. The van der Waals surface area contributed by atoms with Crippen LogP contribution in [0.4, 0.5) is 0 Å². The molecule has 18 heavy (non-hydrogen) atoms. The van der Waals surface area contributed by atoms with Gasteiger partial charge in [0.15, 0.2) is 0 Å². The predicted molar refractivity (Wildman–Crippen MR) is 69.8 cm³/mol. The van der Waals surface area contributed by atoms with Gasteiger partial charge in [0.1, 0.15) is 18.9 Å². The first-order chi connectivity index (χ1) is 8.53. The number of nitrogens with one attached hydrogen (secondary N) is 1. The van der Waals surface area contributed by atoms with Gasteiger partial charge in [-0.05, 0) is 13.3 Å². The average Bonchev–Trinajstić information content (AvgIpc) is 2.78. The molecular formula is C11H21N3O3S. The van der Waals surface area contributed by atoms with Crippen molar-refractivity contribution in [2.45, 2.75) is 38.4 Å². The van der Waals surface area contributed by atoms with E-state index in [1.807, 2.05) is 6.92 Å². The summed E-state index contributed by atoms with van der Waals surface area (Å²) >= 11 is 1.06. The van der Waals surface area contributed by atoms with Crippen molar-refractivity contribution in [3.63, 3.8) is 0 Å². The molecule has 0 aromatic carbocycles. The van der Waals surface area contributed by atoms with Gasteiger partial charge in [-0.2, -0.15) is 4.37 Å². The lowest BCUT2D eigenvalue weighted by atomic mass is 10.0. The highest BCUT2D eigenvalue weighted by Crippen LogP contribution is 2.10. The molecule has 2 atom stereocenters. The third-order valence-electron chi connectivity index (χ3n) is 2.44. The summed E-state index contributed by atoms with van der Waals surface area (Å²) in [6.45, 7) is 4.80. The normalized spacial score (nSPS) is 16.2. The lowest BCUT2D eigenvalue weighted by Crippen LogP contribution is -2.41.